The van der Waals surface area contributed by atoms with Gasteiger partial charge in [-0.3, -0.25) is 9.59 Å². The number of ether oxygens (including phenoxy) is 2. The molecule has 35 heavy (non-hydrogen) atoms. The minimum Gasteiger partial charge on any atom is -0.493 e. The number of rotatable bonds is 8. The molecule has 186 valence electrons. The number of carbonyl (C=O) groups is 2. The Hall–Kier alpha value is -2.64. The van der Waals surface area contributed by atoms with E-state index in [0.29, 0.717) is 39.6 Å². The van der Waals surface area contributed by atoms with Crippen LogP contribution in [0.2, 0.25) is 5.02 Å². The summed E-state index contributed by atoms with van der Waals surface area (Å²) >= 11 is 7.97. The van der Waals surface area contributed by atoms with Crippen molar-refractivity contribution in [3.05, 3.63) is 63.5 Å². The molecule has 2 amide bonds. The third kappa shape index (κ3) is 6.14. The summed E-state index contributed by atoms with van der Waals surface area (Å²) in [5.74, 6) is 1.10. The molecule has 2 fully saturated rings. The second-order valence-corrected chi connectivity index (χ2v) is 10.4. The second kappa shape index (κ2) is 11.9. The molecule has 1 aliphatic carbocycles. The predicted octanol–water partition coefficient (Wildman–Crippen LogP) is 4.94. The van der Waals surface area contributed by atoms with Gasteiger partial charge in [0.05, 0.1) is 19.1 Å². The summed E-state index contributed by atoms with van der Waals surface area (Å²) in [6.07, 6.45) is 6.71. The molecule has 0 radical (unpaired) electrons. The minimum atomic E-state index is -0.146. The van der Waals surface area contributed by atoms with Gasteiger partial charge >= 0.3 is 0 Å². The Balaban J connectivity index is 1.42. The van der Waals surface area contributed by atoms with Crippen LogP contribution in [0.5, 0.6) is 11.5 Å². The Morgan fingerprint density at radius 1 is 1.14 bits per heavy atom. The molecule has 0 spiro atoms. The average molecular weight is 515 g/mol. The van der Waals surface area contributed by atoms with E-state index in [1.807, 2.05) is 48.5 Å². The first kappa shape index (κ1) is 25.5. The van der Waals surface area contributed by atoms with Gasteiger partial charge in [-0.1, -0.05) is 48.7 Å². The van der Waals surface area contributed by atoms with Crippen LogP contribution >= 0.6 is 23.4 Å². The quantitative estimate of drug-likeness (QED) is 0.505. The van der Waals surface area contributed by atoms with Gasteiger partial charge in [0, 0.05) is 22.9 Å². The molecular weight excluding hydrogens is 484 g/mol. The van der Waals surface area contributed by atoms with Crippen molar-refractivity contribution in [3.8, 4) is 11.5 Å². The number of amides is 2. The summed E-state index contributed by atoms with van der Waals surface area (Å²) in [6.45, 7) is 0.536. The van der Waals surface area contributed by atoms with Crippen LogP contribution in [0, 0.1) is 0 Å². The summed E-state index contributed by atoms with van der Waals surface area (Å²) in [7, 11) is 3.20. The van der Waals surface area contributed by atoms with E-state index in [4.69, 9.17) is 21.1 Å². The third-order valence-corrected chi connectivity index (χ3v) is 8.25. The van der Waals surface area contributed by atoms with Crippen molar-refractivity contribution >= 4 is 41.3 Å². The fourth-order valence-corrected chi connectivity index (χ4v) is 6.34. The third-order valence-electron chi connectivity index (χ3n) is 6.51. The van der Waals surface area contributed by atoms with Gasteiger partial charge in [0.25, 0.3) is 5.91 Å². The fraction of sp³-hybridized carbons (Fsp3) is 0.407. The van der Waals surface area contributed by atoms with Gasteiger partial charge in [0.15, 0.2) is 11.5 Å². The Kier molecular flexibility index (Phi) is 8.63. The van der Waals surface area contributed by atoms with E-state index in [1.54, 1.807) is 30.9 Å². The first-order valence-corrected chi connectivity index (χ1v) is 13.2. The molecule has 1 N–H and O–H groups in total. The molecule has 8 heteroatoms. The normalized spacial score (nSPS) is 20.9. The number of halogens is 1. The average Bonchev–Trinajstić information content (AvgIpc) is 2.87. The SMILES string of the molecule is COc1ccc(CCNC(=O)CN2C(=O)/C(=C\c3ccccc3Cl)SC3CCCCC32)cc1OC. The number of hydrogen-bond donors (Lipinski definition) is 1. The summed E-state index contributed by atoms with van der Waals surface area (Å²) in [6, 6.07) is 13.3. The first-order chi connectivity index (χ1) is 17.0. The summed E-state index contributed by atoms with van der Waals surface area (Å²) in [5, 5.41) is 3.89. The summed E-state index contributed by atoms with van der Waals surface area (Å²) < 4.78 is 10.6. The van der Waals surface area contributed by atoms with E-state index in [9.17, 15) is 9.59 Å². The maximum Gasteiger partial charge on any atom is 0.261 e. The van der Waals surface area contributed by atoms with E-state index in [-0.39, 0.29) is 24.4 Å². The topological polar surface area (TPSA) is 67.9 Å². The molecule has 2 unspecified atom stereocenters. The molecule has 2 aromatic rings. The highest BCUT2D eigenvalue weighted by Crippen LogP contribution is 2.42. The number of thioether (sulfide) groups is 1. The highest BCUT2D eigenvalue weighted by atomic mass is 35.5. The molecule has 2 aliphatic rings. The molecule has 6 nitrogen and oxygen atoms in total. The van der Waals surface area contributed by atoms with Gasteiger partial charge in [-0.25, -0.2) is 0 Å². The zero-order valence-electron chi connectivity index (χ0n) is 20.1. The van der Waals surface area contributed by atoms with Crippen molar-refractivity contribution in [1.29, 1.82) is 0 Å². The molecule has 1 heterocycles. The maximum atomic E-state index is 13.4. The lowest BCUT2D eigenvalue weighted by Crippen LogP contribution is -2.54. The first-order valence-electron chi connectivity index (χ1n) is 11.9. The minimum absolute atomic E-state index is 0.0619. The molecule has 1 saturated heterocycles. The van der Waals surface area contributed by atoms with Crippen LogP contribution in [0.3, 0.4) is 0 Å². The van der Waals surface area contributed by atoms with Crippen molar-refractivity contribution in [3.63, 3.8) is 0 Å². The lowest BCUT2D eigenvalue weighted by atomic mass is 9.93. The number of benzene rings is 2. The zero-order valence-corrected chi connectivity index (χ0v) is 21.7. The van der Waals surface area contributed by atoms with Crippen LogP contribution in [-0.2, 0) is 16.0 Å². The Morgan fingerprint density at radius 3 is 2.69 bits per heavy atom. The van der Waals surface area contributed by atoms with Crippen molar-refractivity contribution < 1.29 is 19.1 Å². The van der Waals surface area contributed by atoms with Gasteiger partial charge in [0.1, 0.15) is 6.54 Å². The van der Waals surface area contributed by atoms with Crippen molar-refractivity contribution in [1.82, 2.24) is 10.2 Å². The second-order valence-electron chi connectivity index (χ2n) is 8.76. The van der Waals surface area contributed by atoms with Crippen LogP contribution in [0.1, 0.15) is 36.8 Å². The van der Waals surface area contributed by atoms with Crippen molar-refractivity contribution in [2.24, 2.45) is 0 Å². The van der Waals surface area contributed by atoms with Gasteiger partial charge in [0.2, 0.25) is 5.91 Å². The van der Waals surface area contributed by atoms with Gasteiger partial charge in [-0.2, -0.15) is 0 Å². The molecule has 1 aliphatic heterocycles. The van der Waals surface area contributed by atoms with Crippen LogP contribution < -0.4 is 14.8 Å². The Labute approximate surface area is 216 Å². The number of hydrogen-bond acceptors (Lipinski definition) is 5. The van der Waals surface area contributed by atoms with Gasteiger partial charge < -0.3 is 19.7 Å². The Morgan fingerprint density at radius 2 is 1.91 bits per heavy atom. The van der Waals surface area contributed by atoms with Crippen molar-refractivity contribution in [2.75, 3.05) is 27.3 Å². The number of nitrogens with one attached hydrogen (secondary N) is 1. The van der Waals surface area contributed by atoms with Crippen molar-refractivity contribution in [2.45, 2.75) is 43.4 Å². The summed E-state index contributed by atoms with van der Waals surface area (Å²) in [5.41, 5.74) is 1.85. The van der Waals surface area contributed by atoms with Crippen LogP contribution in [0.25, 0.3) is 6.08 Å². The van der Waals surface area contributed by atoms with E-state index >= 15 is 0 Å². The molecule has 0 aromatic heterocycles. The molecule has 1 saturated carbocycles. The number of nitrogens with zero attached hydrogens (tertiary/aromatic N) is 1. The van der Waals surface area contributed by atoms with Gasteiger partial charge in [-0.15, -0.1) is 11.8 Å². The molecule has 0 bridgehead atoms. The standard InChI is InChI=1S/C27H31ClN2O4S/c1-33-22-12-11-18(15-23(22)34-2)13-14-29-26(31)17-30-21-9-5-6-10-24(21)35-25(27(30)32)16-19-7-3-4-8-20(19)28/h3-4,7-8,11-12,15-16,21,24H,5-6,9-10,13-14,17H2,1-2H3,(H,29,31)/b25-16+. The Bertz CT molecular complexity index is 1110. The lowest BCUT2D eigenvalue weighted by molar-refractivity contribution is -0.135. The number of methoxy groups -OCH3 is 2. The van der Waals surface area contributed by atoms with Crippen LogP contribution in [-0.4, -0.2) is 55.3 Å². The fourth-order valence-electron chi connectivity index (χ4n) is 4.69. The van der Waals surface area contributed by atoms with E-state index in [0.717, 1.165) is 36.8 Å². The maximum absolute atomic E-state index is 13.4. The number of carbonyl (C=O) groups excluding carboxylic acids is 2. The zero-order chi connectivity index (χ0) is 24.8. The highest BCUT2D eigenvalue weighted by Gasteiger charge is 2.41. The van der Waals surface area contributed by atoms with E-state index in [1.165, 1.54) is 0 Å². The molecule has 2 aromatic carbocycles. The van der Waals surface area contributed by atoms with Crippen LogP contribution in [0.15, 0.2) is 47.4 Å². The van der Waals surface area contributed by atoms with E-state index in [2.05, 4.69) is 5.32 Å². The molecule has 2 atom stereocenters. The lowest BCUT2D eigenvalue weighted by Gasteiger charge is -2.43. The van der Waals surface area contributed by atoms with Crippen LogP contribution in [0.4, 0.5) is 0 Å². The number of fused-ring (bicyclic) bond motifs is 1. The highest BCUT2D eigenvalue weighted by molar-refractivity contribution is 8.04. The monoisotopic (exact) mass is 514 g/mol. The smallest absolute Gasteiger partial charge is 0.261 e. The van der Waals surface area contributed by atoms with Gasteiger partial charge in [-0.05, 0) is 54.7 Å². The van der Waals surface area contributed by atoms with E-state index < -0.39 is 0 Å². The predicted molar refractivity (Wildman–Crippen MR) is 141 cm³/mol. The molecular formula is C27H31ClN2O4S. The summed E-state index contributed by atoms with van der Waals surface area (Å²) in [4.78, 5) is 28.7. The molecule has 4 rings (SSSR count). The largest absolute Gasteiger partial charge is 0.493 e.